The minimum atomic E-state index is -0.157. The molecule has 1 fully saturated rings. The number of aliphatic hydroxyl groups excluding tert-OH is 1. The fourth-order valence-electron chi connectivity index (χ4n) is 2.34. The lowest BCUT2D eigenvalue weighted by Crippen LogP contribution is -2.26. The summed E-state index contributed by atoms with van der Waals surface area (Å²) in [4.78, 5) is 0. The van der Waals surface area contributed by atoms with E-state index in [9.17, 15) is 5.11 Å². The highest BCUT2D eigenvalue weighted by molar-refractivity contribution is 8.00. The maximum atomic E-state index is 10.3. The van der Waals surface area contributed by atoms with Gasteiger partial charge in [0.2, 0.25) is 0 Å². The molecule has 0 amide bonds. The molecule has 0 aliphatic heterocycles. The van der Waals surface area contributed by atoms with Crippen molar-refractivity contribution >= 4 is 11.8 Å². The van der Waals surface area contributed by atoms with Crippen LogP contribution in [0.2, 0.25) is 0 Å². The van der Waals surface area contributed by atoms with Crippen LogP contribution in [0, 0.1) is 0 Å². The number of aliphatic hydroxyl groups is 1. The van der Waals surface area contributed by atoms with Gasteiger partial charge in [-0.15, -0.1) is 0 Å². The Bertz CT molecular complexity index is 230. The molecular weight excluding hydrogens is 192 g/mol. The summed E-state index contributed by atoms with van der Waals surface area (Å²) in [5.74, 6) is 0. The maximum absolute atomic E-state index is 10.3. The Hall–Kier alpha value is 0.0500. The summed E-state index contributed by atoms with van der Waals surface area (Å²) in [6, 6.07) is 0. The van der Waals surface area contributed by atoms with Crippen molar-refractivity contribution in [3.05, 3.63) is 11.6 Å². The van der Waals surface area contributed by atoms with Crippen LogP contribution in [0.25, 0.3) is 0 Å². The zero-order chi connectivity index (χ0) is 10.0. The third-order valence-electron chi connectivity index (χ3n) is 3.57. The quantitative estimate of drug-likeness (QED) is 0.725. The number of hydrogen-bond acceptors (Lipinski definition) is 2. The van der Waals surface area contributed by atoms with Gasteiger partial charge in [-0.1, -0.05) is 12.5 Å². The zero-order valence-corrected chi connectivity index (χ0v) is 9.78. The van der Waals surface area contributed by atoms with Crippen LogP contribution in [0.3, 0.4) is 0 Å². The fraction of sp³-hybridized carbons (Fsp3) is 0.833. The van der Waals surface area contributed by atoms with E-state index < -0.39 is 0 Å². The van der Waals surface area contributed by atoms with E-state index in [1.807, 2.05) is 11.8 Å². The summed E-state index contributed by atoms with van der Waals surface area (Å²) < 4.78 is 0.205. The minimum absolute atomic E-state index is 0.157. The van der Waals surface area contributed by atoms with Gasteiger partial charge in [-0.2, -0.15) is 11.8 Å². The van der Waals surface area contributed by atoms with Crippen LogP contribution in [0.1, 0.15) is 44.9 Å². The molecule has 0 aromatic carbocycles. The van der Waals surface area contributed by atoms with Crippen molar-refractivity contribution in [2.24, 2.45) is 0 Å². The molecule has 14 heavy (non-hydrogen) atoms. The van der Waals surface area contributed by atoms with Crippen LogP contribution in [0.4, 0.5) is 0 Å². The highest BCUT2D eigenvalue weighted by atomic mass is 32.2. The molecule has 0 radical (unpaired) electrons. The Kier molecular flexibility index (Phi) is 3.23. The molecular formula is C12H20OS. The first-order valence-electron chi connectivity index (χ1n) is 5.71. The number of thioether (sulfide) groups is 1. The van der Waals surface area contributed by atoms with Crippen molar-refractivity contribution in [2.45, 2.75) is 55.8 Å². The van der Waals surface area contributed by atoms with E-state index >= 15 is 0 Å². The largest absolute Gasteiger partial charge is 0.387 e. The average molecular weight is 212 g/mol. The second-order valence-corrected chi connectivity index (χ2v) is 5.77. The highest BCUT2D eigenvalue weighted by Gasteiger charge is 2.49. The standard InChI is InChI=1S/C12H20OS/c1-14-12(8-9-12)11(13)10-6-4-2-3-5-7-10/h6,11,13H,2-5,7-9H2,1H3. The van der Waals surface area contributed by atoms with Crippen molar-refractivity contribution in [1.82, 2.24) is 0 Å². The lowest BCUT2D eigenvalue weighted by Gasteiger charge is -2.22. The molecule has 1 nitrogen and oxygen atoms in total. The van der Waals surface area contributed by atoms with Crippen LogP contribution in [0.15, 0.2) is 11.6 Å². The lowest BCUT2D eigenvalue weighted by atomic mass is 10.0. The molecule has 0 saturated heterocycles. The van der Waals surface area contributed by atoms with E-state index in [1.54, 1.807) is 0 Å². The molecule has 1 atom stereocenters. The molecule has 2 aliphatic carbocycles. The van der Waals surface area contributed by atoms with Gasteiger partial charge in [0.15, 0.2) is 0 Å². The summed E-state index contributed by atoms with van der Waals surface area (Å²) in [7, 11) is 0. The Morgan fingerprint density at radius 3 is 2.79 bits per heavy atom. The molecule has 80 valence electrons. The van der Waals surface area contributed by atoms with E-state index in [4.69, 9.17) is 0 Å². The summed E-state index contributed by atoms with van der Waals surface area (Å²) in [5.41, 5.74) is 1.33. The summed E-state index contributed by atoms with van der Waals surface area (Å²) >= 11 is 1.86. The summed E-state index contributed by atoms with van der Waals surface area (Å²) in [5, 5.41) is 10.3. The predicted molar refractivity (Wildman–Crippen MR) is 62.7 cm³/mol. The number of allylic oxidation sites excluding steroid dienone is 1. The second kappa shape index (κ2) is 4.28. The van der Waals surface area contributed by atoms with Gasteiger partial charge in [0, 0.05) is 4.75 Å². The van der Waals surface area contributed by atoms with E-state index in [1.165, 1.54) is 44.1 Å². The first kappa shape index (κ1) is 10.6. The van der Waals surface area contributed by atoms with Gasteiger partial charge in [-0.05, 0) is 50.4 Å². The van der Waals surface area contributed by atoms with Gasteiger partial charge in [-0.3, -0.25) is 0 Å². The minimum Gasteiger partial charge on any atom is -0.387 e. The molecule has 0 bridgehead atoms. The summed E-state index contributed by atoms with van der Waals surface area (Å²) in [6.45, 7) is 0. The first-order chi connectivity index (χ1) is 6.78. The molecule has 1 N–H and O–H groups in total. The Morgan fingerprint density at radius 1 is 1.36 bits per heavy atom. The smallest absolute Gasteiger partial charge is 0.0896 e. The molecule has 1 saturated carbocycles. The maximum Gasteiger partial charge on any atom is 0.0896 e. The van der Waals surface area contributed by atoms with E-state index in [2.05, 4.69) is 12.3 Å². The van der Waals surface area contributed by atoms with Gasteiger partial charge in [0.05, 0.1) is 6.10 Å². The summed E-state index contributed by atoms with van der Waals surface area (Å²) in [6.07, 6.45) is 12.9. The fourth-order valence-corrected chi connectivity index (χ4v) is 3.22. The third kappa shape index (κ3) is 2.01. The van der Waals surface area contributed by atoms with Crippen LogP contribution in [-0.2, 0) is 0 Å². The molecule has 2 rings (SSSR count). The zero-order valence-electron chi connectivity index (χ0n) is 8.96. The molecule has 1 unspecified atom stereocenters. The van der Waals surface area contributed by atoms with Crippen molar-refractivity contribution in [3.63, 3.8) is 0 Å². The van der Waals surface area contributed by atoms with Crippen molar-refractivity contribution < 1.29 is 5.11 Å². The van der Waals surface area contributed by atoms with Crippen LogP contribution in [0.5, 0.6) is 0 Å². The lowest BCUT2D eigenvalue weighted by molar-refractivity contribution is 0.195. The SMILES string of the molecule is CSC1(C(O)C2=CCCCCC2)CC1. The molecule has 0 spiro atoms. The van der Waals surface area contributed by atoms with Crippen LogP contribution < -0.4 is 0 Å². The average Bonchev–Trinajstić information content (AvgIpc) is 3.03. The van der Waals surface area contributed by atoms with Crippen molar-refractivity contribution in [2.75, 3.05) is 6.26 Å². The van der Waals surface area contributed by atoms with E-state index in [0.29, 0.717) is 0 Å². The third-order valence-corrected chi connectivity index (χ3v) is 5.02. The van der Waals surface area contributed by atoms with E-state index in [0.717, 1.165) is 6.42 Å². The number of hydrogen-bond donors (Lipinski definition) is 1. The van der Waals surface area contributed by atoms with Gasteiger partial charge in [0.25, 0.3) is 0 Å². The highest BCUT2D eigenvalue weighted by Crippen LogP contribution is 2.52. The monoisotopic (exact) mass is 212 g/mol. The normalized spacial score (nSPS) is 27.7. The van der Waals surface area contributed by atoms with Crippen molar-refractivity contribution in [1.29, 1.82) is 0 Å². The second-order valence-electron chi connectivity index (χ2n) is 4.55. The van der Waals surface area contributed by atoms with Gasteiger partial charge in [0.1, 0.15) is 0 Å². The molecule has 0 aromatic rings. The van der Waals surface area contributed by atoms with Gasteiger partial charge >= 0.3 is 0 Å². The van der Waals surface area contributed by atoms with Gasteiger partial charge < -0.3 is 5.11 Å². The topological polar surface area (TPSA) is 20.2 Å². The van der Waals surface area contributed by atoms with Crippen LogP contribution >= 0.6 is 11.8 Å². The predicted octanol–water partition coefficient (Wildman–Crippen LogP) is 3.13. The molecule has 0 heterocycles. The Labute approximate surface area is 91.0 Å². The van der Waals surface area contributed by atoms with Gasteiger partial charge in [-0.25, -0.2) is 0 Å². The molecule has 0 aromatic heterocycles. The van der Waals surface area contributed by atoms with E-state index in [-0.39, 0.29) is 10.9 Å². The van der Waals surface area contributed by atoms with Crippen molar-refractivity contribution in [3.8, 4) is 0 Å². The number of rotatable bonds is 3. The Balaban J connectivity index is 2.02. The molecule has 2 heteroatoms. The van der Waals surface area contributed by atoms with Crippen LogP contribution in [-0.4, -0.2) is 22.2 Å². The molecule has 2 aliphatic rings. The first-order valence-corrected chi connectivity index (χ1v) is 6.93. The Morgan fingerprint density at radius 2 is 2.14 bits per heavy atom.